The van der Waals surface area contributed by atoms with Crippen molar-refractivity contribution in [2.75, 3.05) is 6.61 Å². The lowest BCUT2D eigenvalue weighted by Gasteiger charge is -2.06. The summed E-state index contributed by atoms with van der Waals surface area (Å²) in [5.74, 6) is -0.907. The number of rotatable bonds is 4. The van der Waals surface area contributed by atoms with E-state index in [9.17, 15) is 10.1 Å². The fraction of sp³-hybridized carbons (Fsp3) is 0.286. The highest BCUT2D eigenvalue weighted by atomic mass is 35.5. The number of ether oxygens (including phenoxy) is 1. The lowest BCUT2D eigenvalue weighted by molar-refractivity contribution is -0.143. The Morgan fingerprint density at radius 3 is 3.00 bits per heavy atom. The van der Waals surface area contributed by atoms with Crippen molar-refractivity contribution in [3.8, 4) is 6.07 Å². The van der Waals surface area contributed by atoms with E-state index >= 15 is 0 Å². The molecule has 0 radical (unpaired) electrons. The van der Waals surface area contributed by atoms with Crippen LogP contribution in [0.5, 0.6) is 0 Å². The summed E-state index contributed by atoms with van der Waals surface area (Å²) < 4.78 is 4.86. The van der Waals surface area contributed by atoms with Crippen LogP contribution in [0.2, 0.25) is 5.02 Å². The second-order valence-electron chi connectivity index (χ2n) is 4.15. The molecule has 1 aromatic heterocycles. The van der Waals surface area contributed by atoms with Crippen LogP contribution in [-0.4, -0.2) is 17.6 Å². The normalized spacial score (nSPS) is 12.1. The molecule has 0 amide bonds. The number of halogens is 1. The van der Waals surface area contributed by atoms with Gasteiger partial charge in [0, 0.05) is 16.2 Å². The first-order valence-electron chi connectivity index (χ1n) is 5.97. The number of carbonyl (C=O) groups excluding carboxylic acids is 1. The first kappa shape index (κ1) is 13.4. The Morgan fingerprint density at radius 2 is 2.32 bits per heavy atom. The predicted molar refractivity (Wildman–Crippen MR) is 72.9 cm³/mol. The summed E-state index contributed by atoms with van der Waals surface area (Å²) in [6, 6.07) is 9.43. The number of hydrogen-bond acceptors (Lipinski definition) is 3. The Hall–Kier alpha value is -1.99. The maximum Gasteiger partial charge on any atom is 0.307 e. The van der Waals surface area contributed by atoms with Crippen LogP contribution >= 0.6 is 11.6 Å². The monoisotopic (exact) mass is 276 g/mol. The number of nitrogens with zero attached hydrogens (tertiary/aromatic N) is 1. The minimum absolute atomic E-state index is 0.0465. The van der Waals surface area contributed by atoms with Gasteiger partial charge in [0.15, 0.2) is 0 Å². The van der Waals surface area contributed by atoms with Gasteiger partial charge in [0.2, 0.25) is 0 Å². The van der Waals surface area contributed by atoms with Crippen LogP contribution in [0.15, 0.2) is 24.3 Å². The van der Waals surface area contributed by atoms with Crippen molar-refractivity contribution in [1.29, 1.82) is 5.26 Å². The number of fused-ring (bicyclic) bond motifs is 1. The molecule has 0 spiro atoms. The summed E-state index contributed by atoms with van der Waals surface area (Å²) in [7, 11) is 0. The molecule has 1 N–H and O–H groups in total. The number of aromatic amines is 1. The molecule has 0 saturated heterocycles. The smallest absolute Gasteiger partial charge is 0.307 e. The van der Waals surface area contributed by atoms with E-state index in [1.807, 2.05) is 12.1 Å². The molecule has 5 heteroatoms. The minimum atomic E-state index is -0.537. The summed E-state index contributed by atoms with van der Waals surface area (Å²) in [5, 5.41) is 10.8. The van der Waals surface area contributed by atoms with Crippen LogP contribution in [-0.2, 0) is 9.53 Å². The van der Waals surface area contributed by atoms with Crippen molar-refractivity contribution < 1.29 is 9.53 Å². The third-order valence-electron chi connectivity index (χ3n) is 2.81. The lowest BCUT2D eigenvalue weighted by Crippen LogP contribution is -2.09. The molecule has 2 rings (SSSR count). The maximum atomic E-state index is 11.4. The van der Waals surface area contributed by atoms with Gasteiger partial charge < -0.3 is 9.72 Å². The summed E-state index contributed by atoms with van der Waals surface area (Å²) >= 11 is 5.91. The van der Waals surface area contributed by atoms with Crippen LogP contribution in [0, 0.1) is 11.3 Å². The molecule has 1 unspecified atom stereocenters. The van der Waals surface area contributed by atoms with Crippen molar-refractivity contribution in [3.63, 3.8) is 0 Å². The minimum Gasteiger partial charge on any atom is -0.466 e. The van der Waals surface area contributed by atoms with Gasteiger partial charge in [-0.2, -0.15) is 5.26 Å². The second kappa shape index (κ2) is 5.77. The molecule has 0 aliphatic carbocycles. The average Bonchev–Trinajstić information content (AvgIpc) is 2.78. The highest BCUT2D eigenvalue weighted by Gasteiger charge is 2.18. The lowest BCUT2D eigenvalue weighted by atomic mass is 10.0. The number of H-pyrrole nitrogens is 1. The quantitative estimate of drug-likeness (QED) is 0.871. The second-order valence-corrected chi connectivity index (χ2v) is 4.58. The molecule has 98 valence electrons. The molecule has 0 bridgehead atoms. The van der Waals surface area contributed by atoms with Gasteiger partial charge in [-0.15, -0.1) is 0 Å². The number of esters is 1. The maximum absolute atomic E-state index is 11.4. The molecule has 4 nitrogen and oxygen atoms in total. The van der Waals surface area contributed by atoms with E-state index in [-0.39, 0.29) is 12.4 Å². The van der Waals surface area contributed by atoms with Gasteiger partial charge in [-0.25, -0.2) is 0 Å². The topological polar surface area (TPSA) is 65.9 Å². The summed E-state index contributed by atoms with van der Waals surface area (Å²) in [4.78, 5) is 14.6. The van der Waals surface area contributed by atoms with E-state index in [4.69, 9.17) is 16.3 Å². The van der Waals surface area contributed by atoms with E-state index in [2.05, 4.69) is 11.1 Å². The van der Waals surface area contributed by atoms with E-state index < -0.39 is 5.92 Å². The zero-order chi connectivity index (χ0) is 13.8. The molecule has 2 aromatic rings. The van der Waals surface area contributed by atoms with E-state index in [0.717, 1.165) is 10.9 Å². The van der Waals surface area contributed by atoms with Crippen LogP contribution in [0.25, 0.3) is 10.9 Å². The number of hydrogen-bond donors (Lipinski definition) is 1. The van der Waals surface area contributed by atoms with Crippen LogP contribution in [0.4, 0.5) is 0 Å². The van der Waals surface area contributed by atoms with Crippen molar-refractivity contribution in [2.45, 2.75) is 19.3 Å². The highest BCUT2D eigenvalue weighted by molar-refractivity contribution is 6.31. The predicted octanol–water partition coefficient (Wildman–Crippen LogP) is 3.38. The fourth-order valence-corrected chi connectivity index (χ4v) is 2.09. The Labute approximate surface area is 115 Å². The van der Waals surface area contributed by atoms with Gasteiger partial charge in [-0.3, -0.25) is 4.79 Å². The zero-order valence-corrected chi connectivity index (χ0v) is 11.2. The molecule has 0 aliphatic rings. The summed E-state index contributed by atoms with van der Waals surface area (Å²) in [6.07, 6.45) is 0.0465. The molecule has 1 atom stereocenters. The highest BCUT2D eigenvalue weighted by Crippen LogP contribution is 2.25. The van der Waals surface area contributed by atoms with Gasteiger partial charge in [0.05, 0.1) is 25.0 Å². The molecule has 19 heavy (non-hydrogen) atoms. The van der Waals surface area contributed by atoms with E-state index in [1.165, 1.54) is 0 Å². The first-order chi connectivity index (χ1) is 9.13. The van der Waals surface area contributed by atoms with Gasteiger partial charge in [-0.05, 0) is 30.5 Å². The van der Waals surface area contributed by atoms with Gasteiger partial charge in [-0.1, -0.05) is 17.7 Å². The Balaban J connectivity index is 2.26. The molecular weight excluding hydrogens is 264 g/mol. The standard InChI is InChI=1S/C14H13ClN2O2/c1-2-19-14(18)6-10(8-16)12-5-9-3-4-11(15)7-13(9)17-12/h3-5,7,10,17H,2,6H2,1H3. The zero-order valence-electron chi connectivity index (χ0n) is 10.4. The van der Waals surface area contributed by atoms with Crippen molar-refractivity contribution >= 4 is 28.5 Å². The molecule has 0 aliphatic heterocycles. The molecular formula is C14H13ClN2O2. The van der Waals surface area contributed by atoms with Crippen LogP contribution in [0.3, 0.4) is 0 Å². The van der Waals surface area contributed by atoms with Crippen LogP contribution < -0.4 is 0 Å². The third-order valence-corrected chi connectivity index (χ3v) is 3.05. The fourth-order valence-electron chi connectivity index (χ4n) is 1.92. The molecule has 0 fully saturated rings. The Morgan fingerprint density at radius 1 is 1.53 bits per heavy atom. The average molecular weight is 277 g/mol. The number of aromatic nitrogens is 1. The molecule has 1 aromatic carbocycles. The van der Waals surface area contributed by atoms with Crippen molar-refractivity contribution in [1.82, 2.24) is 4.98 Å². The third kappa shape index (κ3) is 3.07. The summed E-state index contributed by atoms with van der Waals surface area (Å²) in [6.45, 7) is 2.06. The number of nitrogens with one attached hydrogen (secondary N) is 1. The van der Waals surface area contributed by atoms with Crippen LogP contribution in [0.1, 0.15) is 25.0 Å². The largest absolute Gasteiger partial charge is 0.466 e. The van der Waals surface area contributed by atoms with Crippen molar-refractivity contribution in [2.24, 2.45) is 0 Å². The van der Waals surface area contributed by atoms with Crippen molar-refractivity contribution in [3.05, 3.63) is 35.0 Å². The molecule has 1 heterocycles. The molecule has 0 saturated carbocycles. The number of carbonyl (C=O) groups is 1. The van der Waals surface area contributed by atoms with Gasteiger partial charge >= 0.3 is 5.97 Å². The Bertz CT molecular complexity index is 642. The van der Waals surface area contributed by atoms with Gasteiger partial charge in [0.1, 0.15) is 0 Å². The number of nitriles is 1. The van der Waals surface area contributed by atoms with E-state index in [1.54, 1.807) is 19.1 Å². The summed E-state index contributed by atoms with van der Waals surface area (Å²) in [5.41, 5.74) is 1.56. The first-order valence-corrected chi connectivity index (χ1v) is 6.35. The SMILES string of the molecule is CCOC(=O)CC(C#N)c1cc2ccc(Cl)cc2[nH]1. The van der Waals surface area contributed by atoms with E-state index in [0.29, 0.717) is 17.3 Å². The number of benzene rings is 1. The van der Waals surface area contributed by atoms with Gasteiger partial charge in [0.25, 0.3) is 0 Å². The Kier molecular flexibility index (Phi) is 4.08.